The molecule has 0 spiro atoms. The van der Waals surface area contributed by atoms with E-state index >= 15 is 0 Å². The average Bonchev–Trinajstić information content (AvgIpc) is 2.71. The maximum Gasteiger partial charge on any atom is 0.243 e. The van der Waals surface area contributed by atoms with E-state index in [0.717, 1.165) is 16.9 Å². The monoisotopic (exact) mass is 410 g/mol. The highest BCUT2D eigenvalue weighted by Gasteiger charge is 2.30. The van der Waals surface area contributed by atoms with Gasteiger partial charge in [-0.1, -0.05) is 49.4 Å². The van der Waals surface area contributed by atoms with Crippen molar-refractivity contribution in [3.63, 3.8) is 0 Å². The highest BCUT2D eigenvalue weighted by Crippen LogP contribution is 2.18. The minimum atomic E-state index is -0.519. The lowest BCUT2D eigenvalue weighted by Crippen LogP contribution is -2.53. The van der Waals surface area contributed by atoms with Crippen LogP contribution in [-0.4, -0.2) is 35.4 Å². The van der Waals surface area contributed by atoms with Crippen LogP contribution in [0, 0.1) is 0 Å². The lowest BCUT2D eigenvalue weighted by molar-refractivity contribution is -0.142. The zero-order chi connectivity index (χ0) is 22.1. The molecule has 2 rings (SSSR count). The van der Waals surface area contributed by atoms with Gasteiger partial charge in [0.05, 0.1) is 7.11 Å². The van der Waals surface area contributed by atoms with Crippen molar-refractivity contribution in [2.24, 2.45) is 0 Å². The number of hydrogen-bond acceptors (Lipinski definition) is 3. The number of amides is 2. The average molecular weight is 411 g/mol. The molecule has 30 heavy (non-hydrogen) atoms. The Morgan fingerprint density at radius 2 is 1.63 bits per heavy atom. The molecule has 5 heteroatoms. The first-order valence-corrected chi connectivity index (χ1v) is 10.5. The van der Waals surface area contributed by atoms with Crippen molar-refractivity contribution in [1.82, 2.24) is 10.2 Å². The number of benzene rings is 2. The van der Waals surface area contributed by atoms with Crippen molar-refractivity contribution in [3.8, 4) is 5.75 Å². The summed E-state index contributed by atoms with van der Waals surface area (Å²) in [5.41, 5.74) is 1.72. The fraction of sp³-hybridized carbons (Fsp3) is 0.440. The van der Waals surface area contributed by atoms with Gasteiger partial charge in [-0.25, -0.2) is 0 Å². The fourth-order valence-corrected chi connectivity index (χ4v) is 3.34. The molecule has 1 N–H and O–H groups in total. The molecule has 0 saturated heterocycles. The SMILES string of the molecule is CC[C@@H](C(=O)NC(C)(C)C)N(Cc1ccc(OC)cc1)C(=O)CCc1ccccc1. The Morgan fingerprint density at radius 1 is 1.00 bits per heavy atom. The Kier molecular flexibility index (Phi) is 8.46. The summed E-state index contributed by atoms with van der Waals surface area (Å²) in [5, 5.41) is 3.03. The predicted octanol–water partition coefficient (Wildman–Crippen LogP) is 4.35. The summed E-state index contributed by atoms with van der Waals surface area (Å²) in [6.45, 7) is 8.17. The van der Waals surface area contributed by atoms with Crippen LogP contribution in [0.2, 0.25) is 0 Å². The molecule has 0 aliphatic rings. The molecule has 2 aromatic rings. The largest absolute Gasteiger partial charge is 0.497 e. The molecule has 0 radical (unpaired) electrons. The molecule has 0 aliphatic heterocycles. The van der Waals surface area contributed by atoms with Crippen LogP contribution in [0.1, 0.15) is 51.7 Å². The van der Waals surface area contributed by atoms with Gasteiger partial charge >= 0.3 is 0 Å². The van der Waals surface area contributed by atoms with Crippen LogP contribution >= 0.6 is 0 Å². The fourth-order valence-electron chi connectivity index (χ4n) is 3.34. The normalized spacial score (nSPS) is 12.2. The van der Waals surface area contributed by atoms with Crippen LogP contribution in [0.5, 0.6) is 5.75 Å². The van der Waals surface area contributed by atoms with Crippen LogP contribution < -0.4 is 10.1 Å². The van der Waals surface area contributed by atoms with Crippen molar-refractivity contribution in [1.29, 1.82) is 0 Å². The molecule has 0 aliphatic carbocycles. The third-order valence-electron chi connectivity index (χ3n) is 4.87. The molecule has 0 fully saturated rings. The topological polar surface area (TPSA) is 58.6 Å². The second-order valence-electron chi connectivity index (χ2n) is 8.52. The lowest BCUT2D eigenvalue weighted by atomic mass is 10.0. The van der Waals surface area contributed by atoms with E-state index in [1.165, 1.54) is 0 Å². The molecule has 5 nitrogen and oxygen atoms in total. The second-order valence-corrected chi connectivity index (χ2v) is 8.52. The van der Waals surface area contributed by atoms with Crippen molar-refractivity contribution in [3.05, 3.63) is 65.7 Å². The first-order valence-electron chi connectivity index (χ1n) is 10.5. The van der Waals surface area contributed by atoms with E-state index in [1.54, 1.807) is 12.0 Å². The van der Waals surface area contributed by atoms with Gasteiger partial charge in [-0.2, -0.15) is 0 Å². The van der Waals surface area contributed by atoms with Crippen LogP contribution in [-0.2, 0) is 22.6 Å². The maximum atomic E-state index is 13.2. The number of ether oxygens (including phenoxy) is 1. The summed E-state index contributed by atoms with van der Waals surface area (Å²) in [4.78, 5) is 27.9. The van der Waals surface area contributed by atoms with Gasteiger partial charge in [0, 0.05) is 18.5 Å². The van der Waals surface area contributed by atoms with Gasteiger partial charge in [-0.05, 0) is 56.9 Å². The minimum absolute atomic E-state index is 0.0226. The molecule has 162 valence electrons. The molecule has 0 heterocycles. The molecule has 1 atom stereocenters. The van der Waals surface area contributed by atoms with Gasteiger partial charge in [0.2, 0.25) is 11.8 Å². The number of nitrogens with one attached hydrogen (secondary N) is 1. The van der Waals surface area contributed by atoms with E-state index < -0.39 is 6.04 Å². The van der Waals surface area contributed by atoms with E-state index in [-0.39, 0.29) is 17.4 Å². The number of nitrogens with zero attached hydrogens (tertiary/aromatic N) is 1. The zero-order valence-corrected chi connectivity index (χ0v) is 18.8. The van der Waals surface area contributed by atoms with Gasteiger partial charge < -0.3 is 15.0 Å². The Hall–Kier alpha value is -2.82. The van der Waals surface area contributed by atoms with Crippen LogP contribution in [0.15, 0.2) is 54.6 Å². The number of hydrogen-bond donors (Lipinski definition) is 1. The summed E-state index contributed by atoms with van der Waals surface area (Å²) in [5.74, 6) is 0.621. The van der Waals surface area contributed by atoms with Gasteiger partial charge in [-0.3, -0.25) is 9.59 Å². The molecule has 0 unspecified atom stereocenters. The van der Waals surface area contributed by atoms with Crippen LogP contribution in [0.25, 0.3) is 0 Å². The minimum Gasteiger partial charge on any atom is -0.497 e. The quantitative estimate of drug-likeness (QED) is 0.669. The smallest absolute Gasteiger partial charge is 0.243 e. The lowest BCUT2D eigenvalue weighted by Gasteiger charge is -2.33. The van der Waals surface area contributed by atoms with Crippen LogP contribution in [0.4, 0.5) is 0 Å². The number of carbonyl (C=O) groups excluding carboxylic acids is 2. The van der Waals surface area contributed by atoms with E-state index in [0.29, 0.717) is 25.8 Å². The molecule has 2 aromatic carbocycles. The van der Waals surface area contributed by atoms with E-state index in [9.17, 15) is 9.59 Å². The van der Waals surface area contributed by atoms with Gasteiger partial charge in [-0.15, -0.1) is 0 Å². The van der Waals surface area contributed by atoms with Crippen molar-refractivity contribution >= 4 is 11.8 Å². The first-order chi connectivity index (χ1) is 14.2. The Balaban J connectivity index is 2.22. The maximum absolute atomic E-state index is 13.2. The van der Waals surface area contributed by atoms with Gasteiger partial charge in [0.15, 0.2) is 0 Å². The number of carbonyl (C=O) groups is 2. The van der Waals surface area contributed by atoms with Gasteiger partial charge in [0.25, 0.3) is 0 Å². The third-order valence-corrected chi connectivity index (χ3v) is 4.87. The summed E-state index contributed by atoms with van der Waals surface area (Å²) in [6, 6.07) is 17.0. The molecular weight excluding hydrogens is 376 g/mol. The van der Waals surface area contributed by atoms with E-state index in [1.807, 2.05) is 82.3 Å². The highest BCUT2D eigenvalue weighted by molar-refractivity contribution is 5.88. The molecule has 0 saturated carbocycles. The van der Waals surface area contributed by atoms with E-state index in [4.69, 9.17) is 4.74 Å². The standard InChI is InChI=1S/C25H34N2O3/c1-6-22(24(29)26-25(2,3)4)27(18-20-12-15-21(30-5)16-13-20)23(28)17-14-19-10-8-7-9-11-19/h7-13,15-16,22H,6,14,17-18H2,1-5H3,(H,26,29)/t22-/m0/s1. The Morgan fingerprint density at radius 3 is 2.17 bits per heavy atom. The summed E-state index contributed by atoms with van der Waals surface area (Å²) >= 11 is 0. The summed E-state index contributed by atoms with van der Waals surface area (Å²) < 4.78 is 5.23. The highest BCUT2D eigenvalue weighted by atomic mass is 16.5. The van der Waals surface area contributed by atoms with Crippen molar-refractivity contribution < 1.29 is 14.3 Å². The van der Waals surface area contributed by atoms with Gasteiger partial charge in [0.1, 0.15) is 11.8 Å². The molecule has 0 bridgehead atoms. The Bertz CT molecular complexity index is 811. The Labute approximate surface area is 180 Å². The summed E-state index contributed by atoms with van der Waals surface area (Å²) in [7, 11) is 1.62. The third kappa shape index (κ3) is 7.21. The zero-order valence-electron chi connectivity index (χ0n) is 18.8. The number of methoxy groups -OCH3 is 1. The van der Waals surface area contributed by atoms with Crippen molar-refractivity contribution in [2.45, 2.75) is 65.1 Å². The molecular formula is C25H34N2O3. The summed E-state index contributed by atoms with van der Waals surface area (Å²) in [6.07, 6.45) is 1.56. The van der Waals surface area contributed by atoms with Crippen molar-refractivity contribution in [2.75, 3.05) is 7.11 Å². The second kappa shape index (κ2) is 10.8. The van der Waals surface area contributed by atoms with Crippen LogP contribution in [0.3, 0.4) is 0 Å². The molecule has 0 aromatic heterocycles. The predicted molar refractivity (Wildman–Crippen MR) is 120 cm³/mol. The molecule has 2 amide bonds. The number of rotatable bonds is 9. The van der Waals surface area contributed by atoms with E-state index in [2.05, 4.69) is 5.32 Å². The first kappa shape index (κ1) is 23.5. The number of aryl methyl sites for hydroxylation is 1.